The van der Waals surface area contributed by atoms with Gasteiger partial charge in [0.25, 0.3) is 11.4 Å². The van der Waals surface area contributed by atoms with Gasteiger partial charge in [-0.3, -0.25) is 14.5 Å². The minimum Gasteiger partial charge on any atom is -0.368 e. The molecule has 0 amide bonds. The highest BCUT2D eigenvalue weighted by molar-refractivity contribution is 6.35. The number of aryl methyl sites for hydroxylation is 1. The highest BCUT2D eigenvalue weighted by Crippen LogP contribution is 2.29. The number of nitrogens with one attached hydrogen (secondary N) is 2. The van der Waals surface area contributed by atoms with Gasteiger partial charge >= 0.3 is 0 Å². The van der Waals surface area contributed by atoms with Gasteiger partial charge in [0.1, 0.15) is 17.2 Å². The van der Waals surface area contributed by atoms with E-state index in [1.807, 2.05) is 6.92 Å². The molecule has 12 nitrogen and oxygen atoms in total. The Morgan fingerprint density at radius 2 is 2.09 bits per heavy atom. The molecular formula is C20H17ClN10O2. The molecule has 1 atom stereocenters. The van der Waals surface area contributed by atoms with E-state index in [1.54, 1.807) is 31.3 Å². The number of H-pyrrole nitrogens is 1. The fraction of sp³-hybridized carbons (Fsp3) is 0.150. The van der Waals surface area contributed by atoms with Gasteiger partial charge in [-0.2, -0.15) is 15.1 Å². The Kier molecular flexibility index (Phi) is 4.98. The molecule has 166 valence electrons. The standard InChI is InChI=1S/C20H17ClN10O2/c1-9(26-16-12(8-23-20(22)29-16)18-27-10(2)30-33-18)17-28-14-5-3-4-13(21)15(14)19(32)31(17)11-6-24-25-7-11/h3-9H,1-2H3,(H,24,25)(H3,22,23,26,29)/t9-/m0/s1. The van der Waals surface area contributed by atoms with Crippen molar-refractivity contribution in [2.75, 3.05) is 11.1 Å². The first-order chi connectivity index (χ1) is 15.9. The molecule has 5 rings (SSSR count). The number of anilines is 2. The van der Waals surface area contributed by atoms with Crippen LogP contribution < -0.4 is 16.6 Å². The van der Waals surface area contributed by atoms with E-state index in [2.05, 4.69) is 35.6 Å². The molecule has 0 bridgehead atoms. The first-order valence-corrected chi connectivity index (χ1v) is 10.2. The van der Waals surface area contributed by atoms with E-state index in [4.69, 9.17) is 26.8 Å². The Bertz CT molecular complexity index is 1530. The van der Waals surface area contributed by atoms with Crippen molar-refractivity contribution in [3.63, 3.8) is 0 Å². The number of hydrogen-bond donors (Lipinski definition) is 3. The number of benzene rings is 1. The Morgan fingerprint density at radius 3 is 2.82 bits per heavy atom. The lowest BCUT2D eigenvalue weighted by Crippen LogP contribution is -2.27. The van der Waals surface area contributed by atoms with Crippen LogP contribution in [0.4, 0.5) is 11.8 Å². The van der Waals surface area contributed by atoms with Gasteiger partial charge in [0.2, 0.25) is 5.95 Å². The van der Waals surface area contributed by atoms with E-state index in [-0.39, 0.29) is 17.4 Å². The highest BCUT2D eigenvalue weighted by Gasteiger charge is 2.22. The maximum absolute atomic E-state index is 13.5. The molecule has 4 aromatic heterocycles. The summed E-state index contributed by atoms with van der Waals surface area (Å²) < 4.78 is 6.71. The first kappa shape index (κ1) is 20.6. The van der Waals surface area contributed by atoms with Crippen LogP contribution in [-0.4, -0.2) is 39.9 Å². The van der Waals surface area contributed by atoms with Crippen LogP contribution in [0.2, 0.25) is 5.02 Å². The molecule has 0 radical (unpaired) electrons. The van der Waals surface area contributed by atoms with Crippen LogP contribution in [0.25, 0.3) is 28.0 Å². The second kappa shape index (κ2) is 7.98. The van der Waals surface area contributed by atoms with Gasteiger partial charge in [-0.15, -0.1) is 0 Å². The Balaban J connectivity index is 1.66. The van der Waals surface area contributed by atoms with Crippen molar-refractivity contribution in [3.8, 4) is 17.1 Å². The number of nitrogen functional groups attached to an aromatic ring is 1. The van der Waals surface area contributed by atoms with Crippen LogP contribution >= 0.6 is 11.6 Å². The number of rotatable bonds is 5. The van der Waals surface area contributed by atoms with Crippen LogP contribution in [0, 0.1) is 6.92 Å². The number of nitrogens with zero attached hydrogens (tertiary/aromatic N) is 7. The molecule has 0 unspecified atom stereocenters. The normalized spacial score (nSPS) is 12.2. The summed E-state index contributed by atoms with van der Waals surface area (Å²) in [7, 11) is 0. The fourth-order valence-corrected chi connectivity index (χ4v) is 3.70. The summed E-state index contributed by atoms with van der Waals surface area (Å²) in [4.78, 5) is 30.7. The van der Waals surface area contributed by atoms with Crippen molar-refractivity contribution < 1.29 is 4.52 Å². The van der Waals surface area contributed by atoms with Crippen LogP contribution in [0.3, 0.4) is 0 Å². The molecule has 1 aromatic carbocycles. The molecule has 0 saturated heterocycles. The van der Waals surface area contributed by atoms with Gasteiger partial charge in [0.05, 0.1) is 33.9 Å². The number of fused-ring (bicyclic) bond motifs is 1. The minimum atomic E-state index is -0.520. The first-order valence-electron chi connectivity index (χ1n) is 9.82. The second-order valence-corrected chi connectivity index (χ2v) is 7.61. The maximum Gasteiger partial charge on any atom is 0.267 e. The van der Waals surface area contributed by atoms with Crippen molar-refractivity contribution in [2.45, 2.75) is 19.9 Å². The fourth-order valence-electron chi connectivity index (χ4n) is 3.45. The predicted molar refractivity (Wildman–Crippen MR) is 121 cm³/mol. The van der Waals surface area contributed by atoms with Gasteiger partial charge in [-0.25, -0.2) is 9.97 Å². The van der Waals surface area contributed by atoms with Gasteiger partial charge in [0, 0.05) is 12.4 Å². The summed E-state index contributed by atoms with van der Waals surface area (Å²) in [6.07, 6.45) is 4.61. The van der Waals surface area contributed by atoms with Crippen molar-refractivity contribution >= 4 is 34.3 Å². The maximum atomic E-state index is 13.5. The number of aromatic nitrogens is 8. The zero-order valence-corrected chi connectivity index (χ0v) is 18.2. The molecule has 0 saturated carbocycles. The lowest BCUT2D eigenvalue weighted by Gasteiger charge is -2.20. The summed E-state index contributed by atoms with van der Waals surface area (Å²) in [5, 5.41) is 14.4. The molecular weight excluding hydrogens is 448 g/mol. The quantitative estimate of drug-likeness (QED) is 0.351. The molecule has 5 aromatic rings. The summed E-state index contributed by atoms with van der Waals surface area (Å²) in [5.41, 5.74) is 6.92. The number of hydrogen-bond acceptors (Lipinski definition) is 10. The smallest absolute Gasteiger partial charge is 0.267 e. The lowest BCUT2D eigenvalue weighted by molar-refractivity contribution is 0.425. The Morgan fingerprint density at radius 1 is 1.24 bits per heavy atom. The van der Waals surface area contributed by atoms with E-state index < -0.39 is 6.04 Å². The SMILES string of the molecule is Cc1noc(-c2cnc(N)nc2N[C@@H](C)c2nc3cccc(Cl)c3c(=O)n2-c2cn[nH]c2)n1. The molecule has 13 heteroatoms. The molecule has 4 N–H and O–H groups in total. The molecule has 0 spiro atoms. The summed E-state index contributed by atoms with van der Waals surface area (Å²) in [6, 6.07) is 4.60. The predicted octanol–water partition coefficient (Wildman–Crippen LogP) is 2.67. The summed E-state index contributed by atoms with van der Waals surface area (Å²) in [6.45, 7) is 3.53. The van der Waals surface area contributed by atoms with Crippen molar-refractivity contribution in [1.82, 2.24) is 39.9 Å². The summed E-state index contributed by atoms with van der Waals surface area (Å²) in [5.74, 6) is 1.49. The van der Waals surface area contributed by atoms with E-state index >= 15 is 0 Å². The van der Waals surface area contributed by atoms with Crippen LogP contribution in [0.5, 0.6) is 0 Å². The molecule has 0 aliphatic heterocycles. The van der Waals surface area contributed by atoms with Crippen LogP contribution in [0.1, 0.15) is 24.6 Å². The molecule has 0 aliphatic rings. The number of aromatic amines is 1. The van der Waals surface area contributed by atoms with Gasteiger partial charge in [-0.05, 0) is 26.0 Å². The van der Waals surface area contributed by atoms with E-state index in [9.17, 15) is 4.79 Å². The monoisotopic (exact) mass is 464 g/mol. The largest absolute Gasteiger partial charge is 0.368 e. The highest BCUT2D eigenvalue weighted by atomic mass is 35.5. The topological polar surface area (TPSA) is 166 Å². The molecule has 4 heterocycles. The molecule has 0 aliphatic carbocycles. The van der Waals surface area contributed by atoms with Gasteiger partial charge in [-0.1, -0.05) is 22.8 Å². The second-order valence-electron chi connectivity index (χ2n) is 7.20. The third-order valence-corrected chi connectivity index (χ3v) is 5.24. The van der Waals surface area contributed by atoms with Crippen LogP contribution in [0.15, 0.2) is 46.1 Å². The number of halogens is 1. The third-order valence-electron chi connectivity index (χ3n) is 4.92. The van der Waals surface area contributed by atoms with Gasteiger partial charge < -0.3 is 15.6 Å². The number of nitrogens with two attached hydrogens (primary N) is 1. The van der Waals surface area contributed by atoms with Crippen molar-refractivity contribution in [3.05, 3.63) is 63.8 Å². The average Bonchev–Trinajstić information content (AvgIpc) is 3.45. The van der Waals surface area contributed by atoms with Crippen molar-refractivity contribution in [1.29, 1.82) is 0 Å². The average molecular weight is 465 g/mol. The van der Waals surface area contributed by atoms with Gasteiger partial charge in [0.15, 0.2) is 5.82 Å². The van der Waals surface area contributed by atoms with E-state index in [0.717, 1.165) is 0 Å². The van der Waals surface area contributed by atoms with E-state index in [0.29, 0.717) is 44.6 Å². The molecule has 0 fully saturated rings. The van der Waals surface area contributed by atoms with Crippen molar-refractivity contribution in [2.24, 2.45) is 0 Å². The van der Waals surface area contributed by atoms with E-state index in [1.165, 1.54) is 17.0 Å². The van der Waals surface area contributed by atoms with Crippen LogP contribution in [-0.2, 0) is 0 Å². The summed E-state index contributed by atoms with van der Waals surface area (Å²) >= 11 is 6.32. The zero-order valence-electron chi connectivity index (χ0n) is 17.4. The zero-order chi connectivity index (χ0) is 23.1. The third kappa shape index (κ3) is 3.65. The minimum absolute atomic E-state index is 0.0511. The lowest BCUT2D eigenvalue weighted by atomic mass is 10.2. The Labute approximate surface area is 190 Å². The molecule has 33 heavy (non-hydrogen) atoms. The Hall–Kier alpha value is -4.32.